The van der Waals surface area contributed by atoms with Crippen molar-refractivity contribution in [1.29, 1.82) is 5.26 Å². The summed E-state index contributed by atoms with van der Waals surface area (Å²) in [6, 6.07) is 2.22. The zero-order valence-corrected chi connectivity index (χ0v) is 9.48. The van der Waals surface area contributed by atoms with E-state index in [0.717, 1.165) is 37.9 Å². The maximum atomic E-state index is 11.4. The average molecular weight is 220 g/mol. The van der Waals surface area contributed by atoms with Gasteiger partial charge in [-0.25, -0.2) is 4.79 Å². The molecule has 4 heteroatoms. The van der Waals surface area contributed by atoms with Gasteiger partial charge in [0.25, 0.3) is 0 Å². The number of carbonyl (C=O) groups is 1. The first-order valence-electron chi connectivity index (χ1n) is 5.66. The molecule has 1 saturated heterocycles. The summed E-state index contributed by atoms with van der Waals surface area (Å²) >= 11 is 0. The predicted molar refractivity (Wildman–Crippen MR) is 58.5 cm³/mol. The van der Waals surface area contributed by atoms with Crippen molar-refractivity contribution in [2.75, 3.05) is 20.2 Å². The number of allylic oxidation sites excluding steroid dienone is 2. The number of methoxy groups -OCH3 is 1. The Labute approximate surface area is 95.5 Å². The molecule has 0 aromatic heterocycles. The molecule has 4 nitrogen and oxygen atoms in total. The van der Waals surface area contributed by atoms with Gasteiger partial charge in [0.2, 0.25) is 0 Å². The maximum absolute atomic E-state index is 11.4. The van der Waals surface area contributed by atoms with Crippen LogP contribution >= 0.6 is 0 Å². The number of nitriles is 1. The highest BCUT2D eigenvalue weighted by Gasteiger charge is 2.33. The van der Waals surface area contributed by atoms with Crippen LogP contribution in [0.2, 0.25) is 0 Å². The fourth-order valence-corrected chi connectivity index (χ4v) is 2.67. The highest BCUT2D eigenvalue weighted by molar-refractivity contribution is 5.67. The standard InChI is InChI=1S/C12H16N2O2/c1-16-12(15)14-5-4-10-3-2-9(7-13)6-11(10)8-14/h2,10-11H,3-6,8H2,1H3/t10-,11+/m1/s1. The summed E-state index contributed by atoms with van der Waals surface area (Å²) in [5.41, 5.74) is 0.868. The van der Waals surface area contributed by atoms with Crippen molar-refractivity contribution in [2.24, 2.45) is 11.8 Å². The number of rotatable bonds is 0. The van der Waals surface area contributed by atoms with Crippen molar-refractivity contribution >= 4 is 6.09 Å². The van der Waals surface area contributed by atoms with E-state index in [1.807, 2.05) is 0 Å². The van der Waals surface area contributed by atoms with Gasteiger partial charge in [0.1, 0.15) is 0 Å². The zero-order valence-electron chi connectivity index (χ0n) is 9.48. The summed E-state index contributed by atoms with van der Waals surface area (Å²) in [4.78, 5) is 13.2. The van der Waals surface area contributed by atoms with Crippen LogP contribution in [0.5, 0.6) is 0 Å². The summed E-state index contributed by atoms with van der Waals surface area (Å²) in [5, 5.41) is 8.88. The molecule has 0 radical (unpaired) electrons. The molecule has 2 aliphatic rings. The highest BCUT2D eigenvalue weighted by atomic mass is 16.5. The lowest BCUT2D eigenvalue weighted by atomic mass is 9.76. The number of nitrogens with zero attached hydrogens (tertiary/aromatic N) is 2. The molecule has 1 aliphatic carbocycles. The van der Waals surface area contributed by atoms with Gasteiger partial charge < -0.3 is 9.64 Å². The fourth-order valence-electron chi connectivity index (χ4n) is 2.67. The Morgan fingerprint density at radius 3 is 3.12 bits per heavy atom. The Hall–Kier alpha value is -1.50. The van der Waals surface area contributed by atoms with E-state index < -0.39 is 0 Å². The van der Waals surface area contributed by atoms with Crippen molar-refractivity contribution in [3.05, 3.63) is 11.6 Å². The van der Waals surface area contributed by atoms with E-state index in [1.165, 1.54) is 7.11 Å². The van der Waals surface area contributed by atoms with Crippen LogP contribution in [0.25, 0.3) is 0 Å². The van der Waals surface area contributed by atoms with Gasteiger partial charge in [0.05, 0.1) is 13.2 Å². The van der Waals surface area contributed by atoms with E-state index in [4.69, 9.17) is 10.00 Å². The highest BCUT2D eigenvalue weighted by Crippen LogP contribution is 2.35. The van der Waals surface area contributed by atoms with Gasteiger partial charge in [-0.15, -0.1) is 0 Å². The summed E-state index contributed by atoms with van der Waals surface area (Å²) in [6.45, 7) is 1.51. The molecule has 0 spiro atoms. The number of fused-ring (bicyclic) bond motifs is 1. The fraction of sp³-hybridized carbons (Fsp3) is 0.667. The minimum atomic E-state index is -0.244. The SMILES string of the molecule is COC(=O)N1CC[C@H]2CC=C(C#N)C[C@H]2C1. The van der Waals surface area contributed by atoms with Crippen molar-refractivity contribution in [3.8, 4) is 6.07 Å². The maximum Gasteiger partial charge on any atom is 0.409 e. The second-order valence-electron chi connectivity index (χ2n) is 4.51. The predicted octanol–water partition coefficient (Wildman–Crippen LogP) is 1.93. The van der Waals surface area contributed by atoms with Crippen LogP contribution in [0.15, 0.2) is 11.6 Å². The first-order chi connectivity index (χ1) is 7.74. The van der Waals surface area contributed by atoms with Crippen LogP contribution in [-0.4, -0.2) is 31.2 Å². The molecule has 0 aromatic carbocycles. The Morgan fingerprint density at radius 2 is 2.44 bits per heavy atom. The molecular formula is C12H16N2O2. The summed E-state index contributed by atoms with van der Waals surface area (Å²) < 4.78 is 4.73. The van der Waals surface area contributed by atoms with E-state index >= 15 is 0 Å². The molecule has 0 aromatic rings. The summed E-state index contributed by atoms with van der Waals surface area (Å²) in [7, 11) is 1.41. The van der Waals surface area contributed by atoms with Gasteiger partial charge in [-0.3, -0.25) is 0 Å². The smallest absolute Gasteiger partial charge is 0.409 e. The third-order valence-electron chi connectivity index (χ3n) is 3.62. The molecule has 16 heavy (non-hydrogen) atoms. The minimum absolute atomic E-state index is 0.244. The van der Waals surface area contributed by atoms with Crippen molar-refractivity contribution in [2.45, 2.75) is 19.3 Å². The van der Waals surface area contributed by atoms with Crippen molar-refractivity contribution in [1.82, 2.24) is 4.90 Å². The van der Waals surface area contributed by atoms with Gasteiger partial charge >= 0.3 is 6.09 Å². The molecule has 2 atom stereocenters. The molecule has 1 fully saturated rings. The molecule has 86 valence electrons. The first-order valence-corrected chi connectivity index (χ1v) is 5.66. The monoisotopic (exact) mass is 220 g/mol. The number of likely N-dealkylation sites (tertiary alicyclic amines) is 1. The Morgan fingerprint density at radius 1 is 1.62 bits per heavy atom. The Bertz CT molecular complexity index is 357. The van der Waals surface area contributed by atoms with Crippen LogP contribution in [-0.2, 0) is 4.74 Å². The molecule has 1 aliphatic heterocycles. The van der Waals surface area contributed by atoms with E-state index in [2.05, 4.69) is 12.1 Å². The average Bonchev–Trinajstić information content (AvgIpc) is 2.36. The third-order valence-corrected chi connectivity index (χ3v) is 3.62. The zero-order chi connectivity index (χ0) is 11.5. The van der Waals surface area contributed by atoms with E-state index in [1.54, 1.807) is 4.90 Å². The second-order valence-corrected chi connectivity index (χ2v) is 4.51. The Kier molecular flexibility index (Phi) is 3.14. The molecule has 2 rings (SSSR count). The number of hydrogen-bond donors (Lipinski definition) is 0. The number of amides is 1. The number of ether oxygens (including phenoxy) is 1. The first kappa shape index (κ1) is 11.0. The van der Waals surface area contributed by atoms with E-state index in [0.29, 0.717) is 11.8 Å². The lowest BCUT2D eigenvalue weighted by molar-refractivity contribution is 0.0811. The largest absolute Gasteiger partial charge is 0.453 e. The quantitative estimate of drug-likeness (QED) is 0.626. The summed E-state index contributed by atoms with van der Waals surface area (Å²) in [6.07, 6.45) is 4.63. The van der Waals surface area contributed by atoms with Crippen LogP contribution in [0.4, 0.5) is 4.79 Å². The van der Waals surface area contributed by atoms with Crippen LogP contribution in [0, 0.1) is 23.2 Å². The molecule has 0 saturated carbocycles. The number of piperidine rings is 1. The van der Waals surface area contributed by atoms with Crippen molar-refractivity contribution in [3.63, 3.8) is 0 Å². The van der Waals surface area contributed by atoms with Crippen molar-refractivity contribution < 1.29 is 9.53 Å². The lowest BCUT2D eigenvalue weighted by Gasteiger charge is -2.39. The molecule has 1 amide bonds. The van der Waals surface area contributed by atoms with E-state index in [-0.39, 0.29) is 6.09 Å². The normalized spacial score (nSPS) is 28.8. The number of carbonyl (C=O) groups excluding carboxylic acids is 1. The molecule has 0 unspecified atom stereocenters. The van der Waals surface area contributed by atoms with Gasteiger partial charge in [-0.2, -0.15) is 5.26 Å². The summed E-state index contributed by atoms with van der Waals surface area (Å²) in [5.74, 6) is 1.07. The van der Waals surface area contributed by atoms with E-state index in [9.17, 15) is 4.79 Å². The molecule has 0 N–H and O–H groups in total. The molecule has 1 heterocycles. The minimum Gasteiger partial charge on any atom is -0.453 e. The molecular weight excluding hydrogens is 204 g/mol. The second kappa shape index (κ2) is 4.56. The molecule has 0 bridgehead atoms. The van der Waals surface area contributed by atoms with Crippen LogP contribution in [0.1, 0.15) is 19.3 Å². The van der Waals surface area contributed by atoms with Gasteiger partial charge in [0, 0.05) is 18.7 Å². The van der Waals surface area contributed by atoms with Crippen LogP contribution < -0.4 is 0 Å². The van der Waals surface area contributed by atoms with Gasteiger partial charge in [-0.1, -0.05) is 6.08 Å². The third kappa shape index (κ3) is 2.04. The Balaban J connectivity index is 2.02. The topological polar surface area (TPSA) is 53.3 Å². The lowest BCUT2D eigenvalue weighted by Crippen LogP contribution is -2.44. The van der Waals surface area contributed by atoms with Gasteiger partial charge in [-0.05, 0) is 31.1 Å². The van der Waals surface area contributed by atoms with Crippen LogP contribution in [0.3, 0.4) is 0 Å². The number of hydrogen-bond acceptors (Lipinski definition) is 3. The van der Waals surface area contributed by atoms with Gasteiger partial charge in [0.15, 0.2) is 0 Å².